The van der Waals surface area contributed by atoms with Crippen LogP contribution in [-0.2, 0) is 6.54 Å². The largest absolute Gasteiger partial charge is 0.321 e. The van der Waals surface area contributed by atoms with Crippen LogP contribution in [0.4, 0.5) is 14.5 Å². The molecular formula is C21H13ClF2N2O. The summed E-state index contributed by atoms with van der Waals surface area (Å²) in [6, 6.07) is 17.5. The van der Waals surface area contributed by atoms with E-state index in [1.54, 1.807) is 29.2 Å². The number of fused-ring (bicyclic) bond motifs is 1. The minimum absolute atomic E-state index is 0.390. The number of hydrogen-bond acceptors (Lipinski definition) is 1. The van der Waals surface area contributed by atoms with Gasteiger partial charge >= 0.3 is 0 Å². The van der Waals surface area contributed by atoms with Crippen molar-refractivity contribution in [2.75, 3.05) is 4.90 Å². The second-order valence-corrected chi connectivity index (χ2v) is 6.53. The Morgan fingerprint density at radius 2 is 1.70 bits per heavy atom. The first-order chi connectivity index (χ1) is 13.0. The lowest BCUT2D eigenvalue weighted by Crippen LogP contribution is -2.25. The fourth-order valence-corrected chi connectivity index (χ4v) is 3.13. The first-order valence-corrected chi connectivity index (χ1v) is 8.60. The summed E-state index contributed by atoms with van der Waals surface area (Å²) in [6.45, 7) is 0.411. The number of amides is 1. The highest BCUT2D eigenvalue weighted by Gasteiger charge is 2.28. The van der Waals surface area contributed by atoms with Crippen molar-refractivity contribution >= 4 is 29.0 Å². The smallest absolute Gasteiger partial charge is 0.278 e. The molecule has 0 saturated heterocycles. The number of benzene rings is 3. The summed E-state index contributed by atoms with van der Waals surface area (Å²) in [5.41, 5.74) is 2.55. The molecule has 0 aliphatic carbocycles. The highest BCUT2D eigenvalue weighted by molar-refractivity contribution is 6.30. The lowest BCUT2D eigenvalue weighted by molar-refractivity contribution is 0.100. The average Bonchev–Trinajstić information content (AvgIpc) is 3.03. The van der Waals surface area contributed by atoms with E-state index in [0.29, 0.717) is 28.7 Å². The molecule has 0 fully saturated rings. The van der Waals surface area contributed by atoms with Crippen LogP contribution in [0.1, 0.15) is 21.5 Å². The second-order valence-electron chi connectivity index (χ2n) is 6.09. The Labute approximate surface area is 159 Å². The first-order valence-electron chi connectivity index (χ1n) is 8.22. The molecule has 0 saturated carbocycles. The number of carbonyl (C=O) groups is 1. The zero-order chi connectivity index (χ0) is 19.0. The van der Waals surface area contributed by atoms with Crippen LogP contribution in [0.25, 0.3) is 0 Å². The fourth-order valence-electron chi connectivity index (χ4n) is 3.01. The number of halogens is 3. The van der Waals surface area contributed by atoms with Gasteiger partial charge < -0.3 is 4.90 Å². The van der Waals surface area contributed by atoms with Gasteiger partial charge in [0.25, 0.3) is 5.91 Å². The molecular weight excluding hydrogens is 370 g/mol. The Hall–Kier alpha value is -3.05. The molecule has 0 atom stereocenters. The van der Waals surface area contributed by atoms with Crippen molar-refractivity contribution in [3.8, 4) is 0 Å². The highest BCUT2D eigenvalue weighted by Crippen LogP contribution is 2.30. The van der Waals surface area contributed by atoms with Gasteiger partial charge in [-0.2, -0.15) is 4.99 Å². The molecule has 0 bridgehead atoms. The molecule has 1 amide bonds. The van der Waals surface area contributed by atoms with E-state index in [-0.39, 0.29) is 0 Å². The number of hydrogen-bond donors (Lipinski definition) is 0. The monoisotopic (exact) mass is 382 g/mol. The van der Waals surface area contributed by atoms with Crippen molar-refractivity contribution < 1.29 is 13.6 Å². The summed E-state index contributed by atoms with van der Waals surface area (Å²) in [5, 5.41) is 0.522. The molecule has 0 spiro atoms. The number of aliphatic imine (C=N–C) groups is 1. The average molecular weight is 383 g/mol. The van der Waals surface area contributed by atoms with E-state index in [0.717, 1.165) is 23.3 Å². The van der Waals surface area contributed by atoms with Crippen molar-refractivity contribution in [3.63, 3.8) is 0 Å². The third kappa shape index (κ3) is 3.34. The lowest BCUT2D eigenvalue weighted by Gasteiger charge is -2.19. The van der Waals surface area contributed by atoms with Gasteiger partial charge in [-0.1, -0.05) is 35.9 Å². The van der Waals surface area contributed by atoms with Gasteiger partial charge in [-0.3, -0.25) is 4.79 Å². The van der Waals surface area contributed by atoms with Gasteiger partial charge in [0.15, 0.2) is 11.6 Å². The van der Waals surface area contributed by atoms with Gasteiger partial charge in [0.05, 0.1) is 6.54 Å². The number of rotatable bonds is 2. The predicted molar refractivity (Wildman–Crippen MR) is 101 cm³/mol. The SMILES string of the molecule is O=C(N=C1c2ccccc2CN1c1ccc(F)c(F)c1)c1ccc(Cl)cc1. The van der Waals surface area contributed by atoms with Crippen molar-refractivity contribution in [2.45, 2.75) is 6.54 Å². The van der Waals surface area contributed by atoms with Crippen molar-refractivity contribution in [2.24, 2.45) is 4.99 Å². The molecule has 1 aliphatic rings. The van der Waals surface area contributed by atoms with E-state index in [1.165, 1.54) is 6.07 Å². The van der Waals surface area contributed by atoms with E-state index < -0.39 is 17.5 Å². The number of nitrogens with zero attached hydrogens (tertiary/aromatic N) is 2. The normalized spacial score (nSPS) is 14.5. The third-order valence-electron chi connectivity index (χ3n) is 4.36. The Kier molecular flexibility index (Phi) is 4.46. The standard InChI is InChI=1S/C21H13ClF2N2O/c22-15-7-5-13(6-8-15)21(27)25-20-17-4-2-1-3-14(17)12-26(20)16-9-10-18(23)19(24)11-16/h1-11H,12H2. The molecule has 1 heterocycles. The molecule has 6 heteroatoms. The molecule has 0 aromatic heterocycles. The Morgan fingerprint density at radius 1 is 0.963 bits per heavy atom. The van der Waals surface area contributed by atoms with E-state index in [2.05, 4.69) is 4.99 Å². The maximum absolute atomic E-state index is 13.7. The summed E-state index contributed by atoms with van der Waals surface area (Å²) < 4.78 is 27.1. The van der Waals surface area contributed by atoms with E-state index >= 15 is 0 Å². The minimum Gasteiger partial charge on any atom is -0.321 e. The van der Waals surface area contributed by atoms with Crippen LogP contribution < -0.4 is 4.90 Å². The van der Waals surface area contributed by atoms with Gasteiger partial charge in [-0.25, -0.2) is 8.78 Å². The van der Waals surface area contributed by atoms with Crippen LogP contribution in [0.5, 0.6) is 0 Å². The fraction of sp³-hybridized carbons (Fsp3) is 0.0476. The molecule has 4 rings (SSSR count). The third-order valence-corrected chi connectivity index (χ3v) is 4.61. The van der Waals surface area contributed by atoms with E-state index in [4.69, 9.17) is 11.6 Å². The van der Waals surface area contributed by atoms with Gasteiger partial charge in [0.2, 0.25) is 0 Å². The van der Waals surface area contributed by atoms with Crippen LogP contribution in [0.15, 0.2) is 71.7 Å². The maximum atomic E-state index is 13.7. The molecule has 27 heavy (non-hydrogen) atoms. The van der Waals surface area contributed by atoms with Gasteiger partial charge in [0, 0.05) is 27.9 Å². The van der Waals surface area contributed by atoms with Crippen LogP contribution in [0.2, 0.25) is 5.02 Å². The quantitative estimate of drug-likeness (QED) is 0.608. The summed E-state index contributed by atoms with van der Waals surface area (Å²) in [5.74, 6) is -1.92. The number of carbonyl (C=O) groups excluding carboxylic acids is 1. The van der Waals surface area contributed by atoms with Crippen LogP contribution >= 0.6 is 11.6 Å². The molecule has 3 aromatic carbocycles. The lowest BCUT2D eigenvalue weighted by atomic mass is 10.1. The Morgan fingerprint density at radius 3 is 2.44 bits per heavy atom. The summed E-state index contributed by atoms with van der Waals surface area (Å²) in [7, 11) is 0. The van der Waals surface area contributed by atoms with Gasteiger partial charge in [-0.05, 0) is 42.0 Å². The molecule has 134 valence electrons. The number of anilines is 1. The summed E-state index contributed by atoms with van der Waals surface area (Å²) in [4.78, 5) is 18.6. The molecule has 1 aliphatic heterocycles. The van der Waals surface area contributed by atoms with Crippen LogP contribution in [-0.4, -0.2) is 11.7 Å². The number of amidine groups is 1. The summed E-state index contributed by atoms with van der Waals surface area (Å²) >= 11 is 5.86. The zero-order valence-electron chi connectivity index (χ0n) is 14.0. The highest BCUT2D eigenvalue weighted by atomic mass is 35.5. The van der Waals surface area contributed by atoms with Gasteiger partial charge in [0.1, 0.15) is 5.84 Å². The van der Waals surface area contributed by atoms with Crippen LogP contribution in [0, 0.1) is 11.6 Å². The molecule has 0 unspecified atom stereocenters. The van der Waals surface area contributed by atoms with E-state index in [9.17, 15) is 13.6 Å². The summed E-state index contributed by atoms with van der Waals surface area (Å²) in [6.07, 6.45) is 0. The van der Waals surface area contributed by atoms with Crippen LogP contribution in [0.3, 0.4) is 0 Å². The predicted octanol–water partition coefficient (Wildman–Crippen LogP) is 5.23. The van der Waals surface area contributed by atoms with Crippen molar-refractivity contribution in [3.05, 3.63) is 100 Å². The van der Waals surface area contributed by atoms with Gasteiger partial charge in [-0.15, -0.1) is 0 Å². The molecule has 0 radical (unpaired) electrons. The zero-order valence-corrected chi connectivity index (χ0v) is 14.8. The molecule has 3 aromatic rings. The topological polar surface area (TPSA) is 32.7 Å². The first kappa shape index (κ1) is 17.4. The molecule has 0 N–H and O–H groups in total. The Balaban J connectivity index is 1.78. The second kappa shape index (κ2) is 6.93. The van der Waals surface area contributed by atoms with E-state index in [1.807, 2.05) is 24.3 Å². The van der Waals surface area contributed by atoms with Crippen molar-refractivity contribution in [1.29, 1.82) is 0 Å². The minimum atomic E-state index is -0.952. The maximum Gasteiger partial charge on any atom is 0.278 e. The molecule has 3 nitrogen and oxygen atoms in total. The van der Waals surface area contributed by atoms with Crippen molar-refractivity contribution in [1.82, 2.24) is 0 Å². The Bertz CT molecular complexity index is 1060.